The predicted octanol–water partition coefficient (Wildman–Crippen LogP) is 5.02. The SMILES string of the molecule is Cc1cc(Nc2c[nH]c(C)n2)nc(-c2ccc(C(=O)NC(C)c3ccc(-c4ccc(F)nc4C)nc3)nc2)n1. The first-order valence-electron chi connectivity index (χ1n) is 12.3. The fourth-order valence-electron chi connectivity index (χ4n) is 4.01. The summed E-state index contributed by atoms with van der Waals surface area (Å²) in [5.74, 6) is 1.68. The number of halogens is 1. The number of aromatic amines is 1. The maximum absolute atomic E-state index is 13.3. The van der Waals surface area contributed by atoms with Crippen molar-refractivity contribution in [2.24, 2.45) is 0 Å². The van der Waals surface area contributed by atoms with Crippen molar-refractivity contribution in [1.29, 1.82) is 0 Å². The summed E-state index contributed by atoms with van der Waals surface area (Å²) in [4.78, 5) is 41.9. The van der Waals surface area contributed by atoms with Gasteiger partial charge in [-0.05, 0) is 63.6 Å². The third-order valence-electron chi connectivity index (χ3n) is 6.03. The Morgan fingerprint density at radius 2 is 1.77 bits per heavy atom. The number of nitrogens with zero attached hydrogens (tertiary/aromatic N) is 6. The van der Waals surface area contributed by atoms with Crippen molar-refractivity contribution in [2.75, 3.05) is 5.32 Å². The van der Waals surface area contributed by atoms with Gasteiger partial charge in [0.1, 0.15) is 23.2 Å². The molecule has 0 saturated carbocycles. The number of aryl methyl sites for hydroxylation is 3. The van der Waals surface area contributed by atoms with E-state index in [-0.39, 0.29) is 17.6 Å². The molecule has 5 aromatic heterocycles. The van der Waals surface area contributed by atoms with E-state index in [0.717, 1.165) is 22.6 Å². The van der Waals surface area contributed by atoms with Crippen LogP contribution in [0.15, 0.2) is 61.1 Å². The molecule has 0 fully saturated rings. The Morgan fingerprint density at radius 1 is 0.923 bits per heavy atom. The predicted molar refractivity (Wildman–Crippen MR) is 145 cm³/mol. The Balaban J connectivity index is 1.26. The molecule has 0 bridgehead atoms. The molecular formula is C28H26FN9O. The van der Waals surface area contributed by atoms with E-state index in [1.165, 1.54) is 6.07 Å². The highest BCUT2D eigenvalue weighted by molar-refractivity contribution is 5.92. The molecule has 0 aliphatic heterocycles. The number of imidazole rings is 1. The van der Waals surface area contributed by atoms with Gasteiger partial charge >= 0.3 is 0 Å². The monoisotopic (exact) mass is 523 g/mol. The maximum Gasteiger partial charge on any atom is 0.270 e. The molecular weight excluding hydrogens is 497 g/mol. The van der Waals surface area contributed by atoms with Gasteiger partial charge in [-0.3, -0.25) is 14.8 Å². The Morgan fingerprint density at radius 3 is 2.44 bits per heavy atom. The number of H-pyrrole nitrogens is 1. The number of carbonyl (C=O) groups is 1. The van der Waals surface area contributed by atoms with Crippen LogP contribution in [-0.2, 0) is 0 Å². The zero-order valence-electron chi connectivity index (χ0n) is 21.8. The second-order valence-electron chi connectivity index (χ2n) is 9.09. The number of carbonyl (C=O) groups excluding carboxylic acids is 1. The highest BCUT2D eigenvalue weighted by atomic mass is 19.1. The molecule has 0 saturated heterocycles. The van der Waals surface area contributed by atoms with Gasteiger partial charge in [0, 0.05) is 47.2 Å². The van der Waals surface area contributed by atoms with E-state index in [1.54, 1.807) is 43.7 Å². The Hall–Kier alpha value is -5.06. The van der Waals surface area contributed by atoms with Gasteiger partial charge in [-0.1, -0.05) is 6.07 Å². The molecule has 0 aliphatic carbocycles. The lowest BCUT2D eigenvalue weighted by Gasteiger charge is -2.14. The smallest absolute Gasteiger partial charge is 0.270 e. The maximum atomic E-state index is 13.3. The molecule has 11 heteroatoms. The molecule has 39 heavy (non-hydrogen) atoms. The van der Waals surface area contributed by atoms with E-state index in [1.807, 2.05) is 39.0 Å². The molecule has 0 radical (unpaired) electrons. The van der Waals surface area contributed by atoms with Crippen LogP contribution in [0.4, 0.5) is 16.0 Å². The van der Waals surface area contributed by atoms with Gasteiger partial charge in [0.25, 0.3) is 5.91 Å². The third kappa shape index (κ3) is 5.93. The first-order valence-corrected chi connectivity index (χ1v) is 12.3. The van der Waals surface area contributed by atoms with Crippen LogP contribution in [0, 0.1) is 26.7 Å². The number of amides is 1. The fourth-order valence-corrected chi connectivity index (χ4v) is 4.01. The Labute approximate surface area is 224 Å². The van der Waals surface area contributed by atoms with Crippen LogP contribution in [0.3, 0.4) is 0 Å². The van der Waals surface area contributed by atoms with Crippen molar-refractivity contribution in [2.45, 2.75) is 33.7 Å². The van der Waals surface area contributed by atoms with Crippen LogP contribution < -0.4 is 10.6 Å². The van der Waals surface area contributed by atoms with Crippen LogP contribution in [0.2, 0.25) is 0 Å². The fraction of sp³-hybridized carbons (Fsp3) is 0.179. The topological polar surface area (TPSA) is 134 Å². The molecule has 0 aromatic carbocycles. The molecule has 5 heterocycles. The summed E-state index contributed by atoms with van der Waals surface area (Å²) in [6.45, 7) is 7.34. The van der Waals surface area contributed by atoms with Crippen LogP contribution in [-0.4, -0.2) is 40.8 Å². The number of hydrogen-bond acceptors (Lipinski definition) is 8. The summed E-state index contributed by atoms with van der Waals surface area (Å²) in [5.41, 5.74) is 4.52. The highest BCUT2D eigenvalue weighted by Crippen LogP contribution is 2.23. The number of anilines is 2. The quantitative estimate of drug-likeness (QED) is 0.253. The van der Waals surface area contributed by atoms with E-state index in [9.17, 15) is 9.18 Å². The van der Waals surface area contributed by atoms with Crippen molar-refractivity contribution in [3.63, 3.8) is 0 Å². The first kappa shape index (κ1) is 25.6. The zero-order valence-corrected chi connectivity index (χ0v) is 21.8. The van der Waals surface area contributed by atoms with Gasteiger partial charge in [0.15, 0.2) is 5.82 Å². The van der Waals surface area contributed by atoms with Gasteiger partial charge in [-0.15, -0.1) is 0 Å². The van der Waals surface area contributed by atoms with Gasteiger partial charge in [-0.2, -0.15) is 4.39 Å². The van der Waals surface area contributed by atoms with Crippen LogP contribution >= 0.6 is 0 Å². The lowest BCUT2D eigenvalue weighted by atomic mass is 10.1. The van der Waals surface area contributed by atoms with E-state index >= 15 is 0 Å². The summed E-state index contributed by atoms with van der Waals surface area (Å²) in [6, 6.07) is 11.6. The van der Waals surface area contributed by atoms with Gasteiger partial charge in [-0.25, -0.2) is 19.9 Å². The number of hydrogen-bond donors (Lipinski definition) is 3. The average molecular weight is 524 g/mol. The molecule has 1 amide bonds. The first-order chi connectivity index (χ1) is 18.7. The van der Waals surface area contributed by atoms with E-state index < -0.39 is 5.95 Å². The molecule has 196 valence electrons. The van der Waals surface area contributed by atoms with Gasteiger partial charge in [0.2, 0.25) is 5.95 Å². The lowest BCUT2D eigenvalue weighted by molar-refractivity contribution is 0.0935. The largest absolute Gasteiger partial charge is 0.347 e. The number of aromatic nitrogens is 7. The molecule has 10 nitrogen and oxygen atoms in total. The van der Waals surface area contributed by atoms with E-state index in [0.29, 0.717) is 34.4 Å². The lowest BCUT2D eigenvalue weighted by Crippen LogP contribution is -2.27. The average Bonchev–Trinajstić information content (AvgIpc) is 3.32. The molecule has 5 aromatic rings. The number of pyridine rings is 3. The van der Waals surface area contributed by atoms with Crippen molar-refractivity contribution in [3.8, 4) is 22.6 Å². The standard InChI is InChI=1S/C28H26FN9O/c1-15-11-25(37-26-14-30-18(4)36-26)38-27(33-15)20-6-9-23(32-13-20)28(39)35-16(2)19-5-8-22(31-12-19)21-7-10-24(29)34-17(21)3/h5-14,16H,1-4H3,(H,30,36)(H,35,39)(H,33,37,38). The number of nitrogens with one attached hydrogen (secondary N) is 3. The molecule has 3 N–H and O–H groups in total. The Bertz CT molecular complexity index is 1630. The third-order valence-corrected chi connectivity index (χ3v) is 6.03. The molecule has 5 rings (SSSR count). The second-order valence-corrected chi connectivity index (χ2v) is 9.09. The minimum Gasteiger partial charge on any atom is -0.347 e. The van der Waals surface area contributed by atoms with Gasteiger partial charge < -0.3 is 15.6 Å². The van der Waals surface area contributed by atoms with E-state index in [2.05, 4.69) is 45.5 Å². The van der Waals surface area contributed by atoms with Crippen molar-refractivity contribution in [3.05, 3.63) is 95.5 Å². The summed E-state index contributed by atoms with van der Waals surface area (Å²) in [7, 11) is 0. The Kier molecular flexibility index (Phi) is 7.04. The molecule has 1 unspecified atom stereocenters. The van der Waals surface area contributed by atoms with Crippen LogP contribution in [0.25, 0.3) is 22.6 Å². The van der Waals surface area contributed by atoms with Crippen LogP contribution in [0.1, 0.15) is 46.2 Å². The molecule has 0 spiro atoms. The second kappa shape index (κ2) is 10.7. The minimum atomic E-state index is -0.528. The van der Waals surface area contributed by atoms with Crippen LogP contribution in [0.5, 0.6) is 0 Å². The molecule has 0 aliphatic rings. The van der Waals surface area contributed by atoms with Gasteiger partial charge in [0.05, 0.1) is 11.7 Å². The summed E-state index contributed by atoms with van der Waals surface area (Å²) in [5, 5.41) is 6.10. The van der Waals surface area contributed by atoms with Crippen molar-refractivity contribution >= 4 is 17.5 Å². The molecule has 1 atom stereocenters. The zero-order chi connectivity index (χ0) is 27.5. The summed E-state index contributed by atoms with van der Waals surface area (Å²) >= 11 is 0. The normalized spacial score (nSPS) is 11.7. The number of rotatable bonds is 7. The summed E-state index contributed by atoms with van der Waals surface area (Å²) < 4.78 is 13.3. The van der Waals surface area contributed by atoms with E-state index in [4.69, 9.17) is 0 Å². The summed E-state index contributed by atoms with van der Waals surface area (Å²) in [6.07, 6.45) is 5.02. The van der Waals surface area contributed by atoms with Crippen molar-refractivity contribution < 1.29 is 9.18 Å². The van der Waals surface area contributed by atoms with Crippen molar-refractivity contribution in [1.82, 2.24) is 40.2 Å². The highest BCUT2D eigenvalue weighted by Gasteiger charge is 2.15. The minimum absolute atomic E-state index is 0.265.